The first-order chi connectivity index (χ1) is 13.2. The summed E-state index contributed by atoms with van der Waals surface area (Å²) < 4.78 is 48.2. The topological polar surface area (TPSA) is 81.7 Å². The molecule has 28 heavy (non-hydrogen) atoms. The molecule has 0 fully saturated rings. The number of para-hydroxylation sites is 1. The van der Waals surface area contributed by atoms with Gasteiger partial charge in [-0.2, -0.15) is 13.2 Å². The molecule has 0 spiro atoms. The number of carbonyl (C=O) groups excluding carboxylic acids is 3. The highest BCUT2D eigenvalue weighted by atomic mass is 19.4. The molecule has 1 N–H and O–H groups in total. The van der Waals surface area contributed by atoms with Gasteiger partial charge in [0, 0.05) is 5.69 Å². The zero-order valence-corrected chi connectivity index (χ0v) is 14.7. The van der Waals surface area contributed by atoms with Gasteiger partial charge < -0.3 is 14.8 Å². The highest BCUT2D eigenvalue weighted by molar-refractivity contribution is 5.95. The lowest BCUT2D eigenvalue weighted by Gasteiger charge is -2.15. The number of halogens is 3. The average molecular weight is 395 g/mol. The maximum absolute atomic E-state index is 12.7. The number of amides is 1. The smallest absolute Gasteiger partial charge is 0.416 e. The first kappa shape index (κ1) is 20.9. The largest absolute Gasteiger partial charge is 0.481 e. The van der Waals surface area contributed by atoms with Crippen LogP contribution in [0.5, 0.6) is 5.75 Å². The molecule has 0 unspecified atom stereocenters. The Kier molecular flexibility index (Phi) is 6.75. The predicted molar refractivity (Wildman–Crippen MR) is 93.0 cm³/mol. The number of hydrogen-bond acceptors (Lipinski definition) is 5. The lowest BCUT2D eigenvalue weighted by molar-refractivity contribution is -0.155. The van der Waals surface area contributed by atoms with Crippen molar-refractivity contribution in [1.82, 2.24) is 0 Å². The average Bonchev–Trinajstić information content (AvgIpc) is 2.66. The Hall–Kier alpha value is -3.36. The van der Waals surface area contributed by atoms with Crippen molar-refractivity contribution in [1.29, 1.82) is 0 Å². The molecule has 1 amide bonds. The van der Waals surface area contributed by atoms with Crippen LogP contribution in [0.3, 0.4) is 0 Å². The summed E-state index contributed by atoms with van der Waals surface area (Å²) in [7, 11) is 0. The number of anilines is 1. The van der Waals surface area contributed by atoms with E-state index in [1.807, 2.05) is 0 Å². The Morgan fingerprint density at radius 1 is 1.14 bits per heavy atom. The maximum Gasteiger partial charge on any atom is 0.416 e. The Labute approximate surface area is 158 Å². The molecule has 0 heterocycles. The van der Waals surface area contributed by atoms with Crippen molar-refractivity contribution < 1.29 is 37.0 Å². The highest BCUT2D eigenvalue weighted by Gasteiger charge is 2.30. The third kappa shape index (κ3) is 5.83. The van der Waals surface area contributed by atoms with Crippen molar-refractivity contribution >= 4 is 23.9 Å². The molecule has 0 saturated carbocycles. The molecular weight excluding hydrogens is 379 g/mol. The van der Waals surface area contributed by atoms with Crippen LogP contribution in [-0.4, -0.2) is 30.9 Å². The van der Waals surface area contributed by atoms with Crippen LogP contribution < -0.4 is 10.1 Å². The molecule has 2 rings (SSSR count). The van der Waals surface area contributed by atoms with Crippen molar-refractivity contribution in [2.75, 3.05) is 11.9 Å². The van der Waals surface area contributed by atoms with Gasteiger partial charge in [-0.05, 0) is 37.3 Å². The summed E-state index contributed by atoms with van der Waals surface area (Å²) in [5.41, 5.74) is -0.762. The Balaban J connectivity index is 1.90. The van der Waals surface area contributed by atoms with Gasteiger partial charge in [0.2, 0.25) is 0 Å². The first-order valence-corrected chi connectivity index (χ1v) is 8.05. The predicted octanol–water partition coefficient (Wildman–Crippen LogP) is 3.47. The summed E-state index contributed by atoms with van der Waals surface area (Å²) in [4.78, 5) is 34.7. The third-order valence-electron chi connectivity index (χ3n) is 3.53. The van der Waals surface area contributed by atoms with Crippen molar-refractivity contribution in [2.24, 2.45) is 0 Å². The van der Waals surface area contributed by atoms with Crippen LogP contribution in [0.2, 0.25) is 0 Å². The number of carbonyl (C=O) groups is 3. The molecule has 9 heteroatoms. The number of rotatable bonds is 7. The summed E-state index contributed by atoms with van der Waals surface area (Å²) >= 11 is 0. The van der Waals surface area contributed by atoms with Crippen LogP contribution in [0.4, 0.5) is 18.9 Å². The number of ether oxygens (including phenoxy) is 2. The van der Waals surface area contributed by atoms with Gasteiger partial charge in [0.25, 0.3) is 5.91 Å². The number of benzene rings is 2. The van der Waals surface area contributed by atoms with Gasteiger partial charge in [0.1, 0.15) is 5.75 Å². The molecule has 6 nitrogen and oxygen atoms in total. The summed E-state index contributed by atoms with van der Waals surface area (Å²) in [6.07, 6.45) is -5.26. The second-order valence-electron chi connectivity index (χ2n) is 5.64. The van der Waals surface area contributed by atoms with Crippen LogP contribution in [0, 0.1) is 0 Å². The van der Waals surface area contributed by atoms with Gasteiger partial charge in [-0.15, -0.1) is 0 Å². The van der Waals surface area contributed by atoms with Crippen molar-refractivity contribution in [3.8, 4) is 5.75 Å². The van der Waals surface area contributed by atoms with Crippen LogP contribution >= 0.6 is 0 Å². The Morgan fingerprint density at radius 2 is 1.86 bits per heavy atom. The summed E-state index contributed by atoms with van der Waals surface area (Å²) in [6.45, 7) is 0.715. The molecule has 0 saturated heterocycles. The number of nitrogens with one attached hydrogen (secondary N) is 1. The number of aldehydes is 1. The second-order valence-corrected chi connectivity index (χ2v) is 5.64. The molecule has 0 radical (unpaired) electrons. The van der Waals surface area contributed by atoms with Crippen molar-refractivity contribution in [2.45, 2.75) is 19.2 Å². The van der Waals surface area contributed by atoms with Crippen LogP contribution in [0.1, 0.15) is 22.8 Å². The fourth-order valence-electron chi connectivity index (χ4n) is 2.15. The van der Waals surface area contributed by atoms with Gasteiger partial charge >= 0.3 is 12.1 Å². The van der Waals surface area contributed by atoms with Crippen molar-refractivity contribution in [3.63, 3.8) is 0 Å². The quantitative estimate of drug-likeness (QED) is 0.574. The second kappa shape index (κ2) is 9.03. The minimum atomic E-state index is -4.55. The zero-order valence-electron chi connectivity index (χ0n) is 14.7. The van der Waals surface area contributed by atoms with Crippen LogP contribution in [0.25, 0.3) is 0 Å². The van der Waals surface area contributed by atoms with E-state index < -0.39 is 36.3 Å². The van der Waals surface area contributed by atoms with Gasteiger partial charge in [0.05, 0.1) is 11.1 Å². The Morgan fingerprint density at radius 3 is 2.54 bits per heavy atom. The molecule has 0 bridgehead atoms. The standard InChI is InChI=1S/C19H16F3NO5/c1-12(18(26)23-15-7-4-6-14(9-15)19(20,21)22)28-17(25)11-27-16-8-3-2-5-13(16)10-24/h2-10,12H,11H2,1H3,(H,23,26)/t12-/m0/s1. The SMILES string of the molecule is C[C@H](OC(=O)COc1ccccc1C=O)C(=O)Nc1cccc(C(F)(F)F)c1. The van der Waals surface area contributed by atoms with E-state index >= 15 is 0 Å². The van der Waals surface area contributed by atoms with E-state index in [-0.39, 0.29) is 17.0 Å². The molecule has 0 aromatic heterocycles. The maximum atomic E-state index is 12.7. The van der Waals surface area contributed by atoms with E-state index in [2.05, 4.69) is 5.32 Å². The lowest BCUT2D eigenvalue weighted by Crippen LogP contribution is -2.31. The van der Waals surface area contributed by atoms with Crippen LogP contribution in [-0.2, 0) is 20.5 Å². The third-order valence-corrected chi connectivity index (χ3v) is 3.53. The van der Waals surface area contributed by atoms with E-state index in [9.17, 15) is 27.6 Å². The van der Waals surface area contributed by atoms with Gasteiger partial charge in [-0.3, -0.25) is 9.59 Å². The highest BCUT2D eigenvalue weighted by Crippen LogP contribution is 2.30. The van der Waals surface area contributed by atoms with Gasteiger partial charge in [-0.1, -0.05) is 18.2 Å². The van der Waals surface area contributed by atoms with E-state index in [4.69, 9.17) is 9.47 Å². The van der Waals surface area contributed by atoms with Gasteiger partial charge in [-0.25, -0.2) is 4.79 Å². The van der Waals surface area contributed by atoms with E-state index in [0.717, 1.165) is 18.2 Å². The first-order valence-electron chi connectivity index (χ1n) is 8.05. The molecule has 2 aromatic rings. The zero-order chi connectivity index (χ0) is 20.7. The van der Waals surface area contributed by atoms with Gasteiger partial charge in [0.15, 0.2) is 19.0 Å². The number of alkyl halides is 3. The molecule has 0 aliphatic carbocycles. The molecule has 148 valence electrons. The molecule has 0 aliphatic heterocycles. The summed E-state index contributed by atoms with van der Waals surface area (Å²) in [5.74, 6) is -1.51. The number of esters is 1. The fraction of sp³-hybridized carbons (Fsp3) is 0.211. The number of hydrogen-bond donors (Lipinski definition) is 1. The van der Waals surface area contributed by atoms with E-state index in [1.54, 1.807) is 12.1 Å². The molecular formula is C19H16F3NO5. The minimum absolute atomic E-state index is 0.0844. The van der Waals surface area contributed by atoms with E-state index in [1.165, 1.54) is 25.1 Å². The monoisotopic (exact) mass is 395 g/mol. The molecule has 2 aromatic carbocycles. The molecule has 1 atom stereocenters. The summed E-state index contributed by atoms with van der Waals surface area (Å²) in [6, 6.07) is 10.3. The lowest BCUT2D eigenvalue weighted by atomic mass is 10.2. The molecule has 0 aliphatic rings. The normalized spacial score (nSPS) is 12.0. The summed E-state index contributed by atoms with van der Waals surface area (Å²) in [5, 5.41) is 2.25. The fourth-order valence-corrected chi connectivity index (χ4v) is 2.15. The van der Waals surface area contributed by atoms with E-state index in [0.29, 0.717) is 6.29 Å². The van der Waals surface area contributed by atoms with Crippen LogP contribution in [0.15, 0.2) is 48.5 Å². The Bertz CT molecular complexity index is 867. The minimum Gasteiger partial charge on any atom is -0.481 e. The van der Waals surface area contributed by atoms with Crippen molar-refractivity contribution in [3.05, 3.63) is 59.7 Å².